The second-order valence-corrected chi connectivity index (χ2v) is 4.42. The normalized spacial score (nSPS) is 23.4. The molecule has 80 valence electrons. The lowest BCUT2D eigenvalue weighted by Crippen LogP contribution is -2.24. The van der Waals surface area contributed by atoms with Crippen LogP contribution >= 0.6 is 0 Å². The molecule has 2 aliphatic rings. The lowest BCUT2D eigenvalue weighted by atomic mass is 10.1. The van der Waals surface area contributed by atoms with E-state index in [2.05, 4.69) is 23.5 Å². The number of anilines is 1. The molecule has 1 aromatic carbocycles. The van der Waals surface area contributed by atoms with E-state index in [1.54, 1.807) is 0 Å². The Morgan fingerprint density at radius 2 is 2.27 bits per heavy atom. The molecule has 1 saturated carbocycles. The van der Waals surface area contributed by atoms with E-state index in [0.29, 0.717) is 12.6 Å². The molecule has 1 unspecified atom stereocenters. The lowest BCUT2D eigenvalue weighted by Gasteiger charge is -2.06. The summed E-state index contributed by atoms with van der Waals surface area (Å²) in [5.74, 6) is 1.01. The molecule has 3 nitrogen and oxygen atoms in total. The highest BCUT2D eigenvalue weighted by Gasteiger charge is 2.24. The number of benzene rings is 1. The van der Waals surface area contributed by atoms with Gasteiger partial charge in [-0.15, -0.1) is 0 Å². The predicted molar refractivity (Wildman–Crippen MR) is 60.3 cm³/mol. The maximum absolute atomic E-state index is 5.68. The van der Waals surface area contributed by atoms with Crippen molar-refractivity contribution in [2.45, 2.75) is 31.4 Å². The van der Waals surface area contributed by atoms with Gasteiger partial charge in [0.1, 0.15) is 11.9 Å². The molecule has 0 saturated heterocycles. The van der Waals surface area contributed by atoms with Crippen LogP contribution in [0.3, 0.4) is 0 Å². The van der Waals surface area contributed by atoms with Crippen molar-refractivity contribution in [2.75, 3.05) is 11.9 Å². The summed E-state index contributed by atoms with van der Waals surface area (Å²) in [6.45, 7) is 0.597. The first-order valence-corrected chi connectivity index (χ1v) is 5.61. The molecule has 0 spiro atoms. The number of fused-ring (bicyclic) bond motifs is 1. The van der Waals surface area contributed by atoms with E-state index >= 15 is 0 Å². The molecule has 3 N–H and O–H groups in total. The van der Waals surface area contributed by atoms with Crippen molar-refractivity contribution in [1.82, 2.24) is 0 Å². The molecule has 0 bridgehead atoms. The molecule has 0 radical (unpaired) electrons. The van der Waals surface area contributed by atoms with Crippen LogP contribution in [0.4, 0.5) is 5.69 Å². The van der Waals surface area contributed by atoms with E-state index in [-0.39, 0.29) is 6.10 Å². The Balaban J connectivity index is 1.78. The minimum Gasteiger partial charge on any atom is -0.488 e. The summed E-state index contributed by atoms with van der Waals surface area (Å²) < 4.78 is 5.68. The fraction of sp³-hybridized carbons (Fsp3) is 0.500. The third-order valence-electron chi connectivity index (χ3n) is 3.01. The van der Waals surface area contributed by atoms with Crippen LogP contribution < -0.4 is 15.8 Å². The molecule has 1 heterocycles. The molecule has 1 aliphatic heterocycles. The van der Waals surface area contributed by atoms with Crippen molar-refractivity contribution < 1.29 is 4.74 Å². The van der Waals surface area contributed by atoms with Gasteiger partial charge in [0.05, 0.1) is 0 Å². The summed E-state index contributed by atoms with van der Waals surface area (Å²) in [5.41, 5.74) is 8.11. The number of hydrogen-bond donors (Lipinski definition) is 2. The van der Waals surface area contributed by atoms with E-state index in [1.807, 2.05) is 0 Å². The second-order valence-electron chi connectivity index (χ2n) is 4.42. The first-order valence-electron chi connectivity index (χ1n) is 5.61. The van der Waals surface area contributed by atoms with Crippen LogP contribution in [-0.2, 0) is 6.42 Å². The van der Waals surface area contributed by atoms with Crippen LogP contribution in [0.15, 0.2) is 18.2 Å². The van der Waals surface area contributed by atoms with Gasteiger partial charge in [-0.2, -0.15) is 0 Å². The number of ether oxygens (including phenoxy) is 1. The van der Waals surface area contributed by atoms with Gasteiger partial charge >= 0.3 is 0 Å². The van der Waals surface area contributed by atoms with Crippen LogP contribution in [-0.4, -0.2) is 18.7 Å². The van der Waals surface area contributed by atoms with Crippen LogP contribution in [0.5, 0.6) is 5.75 Å². The zero-order chi connectivity index (χ0) is 10.3. The van der Waals surface area contributed by atoms with Gasteiger partial charge in [-0.3, -0.25) is 0 Å². The largest absolute Gasteiger partial charge is 0.488 e. The Labute approximate surface area is 89.6 Å². The molecule has 3 rings (SSSR count). The highest BCUT2D eigenvalue weighted by Crippen LogP contribution is 2.32. The predicted octanol–water partition coefficient (Wildman–Crippen LogP) is 1.52. The Morgan fingerprint density at radius 3 is 3.00 bits per heavy atom. The van der Waals surface area contributed by atoms with Crippen molar-refractivity contribution in [2.24, 2.45) is 5.73 Å². The molecule has 15 heavy (non-hydrogen) atoms. The Hall–Kier alpha value is -1.22. The lowest BCUT2D eigenvalue weighted by molar-refractivity contribution is 0.241. The van der Waals surface area contributed by atoms with Crippen LogP contribution in [0.2, 0.25) is 0 Å². The standard InChI is InChI=1S/C12H16N2O/c13-7-11-6-8-5-10(14-9-1-2-9)3-4-12(8)15-11/h3-5,9,11,14H,1-2,6-7,13H2. The van der Waals surface area contributed by atoms with Gasteiger partial charge in [-0.1, -0.05) is 0 Å². The fourth-order valence-corrected chi connectivity index (χ4v) is 2.01. The molecule has 0 amide bonds. The average molecular weight is 204 g/mol. The minimum atomic E-state index is 0.177. The van der Waals surface area contributed by atoms with E-state index in [1.165, 1.54) is 24.1 Å². The third kappa shape index (κ3) is 1.79. The van der Waals surface area contributed by atoms with Gasteiger partial charge in [-0.05, 0) is 36.6 Å². The second kappa shape index (κ2) is 3.42. The summed E-state index contributed by atoms with van der Waals surface area (Å²) in [6.07, 6.45) is 3.74. The van der Waals surface area contributed by atoms with Crippen molar-refractivity contribution >= 4 is 5.69 Å². The Bertz CT molecular complexity index is 374. The van der Waals surface area contributed by atoms with Crippen molar-refractivity contribution in [3.8, 4) is 5.75 Å². The molecule has 0 aromatic heterocycles. The van der Waals surface area contributed by atoms with Crippen molar-refractivity contribution in [3.63, 3.8) is 0 Å². The smallest absolute Gasteiger partial charge is 0.123 e. The Kier molecular flexibility index (Phi) is 2.06. The Morgan fingerprint density at radius 1 is 1.40 bits per heavy atom. The minimum absolute atomic E-state index is 0.177. The van der Waals surface area contributed by atoms with Gasteiger partial charge in [0.2, 0.25) is 0 Å². The SMILES string of the molecule is NCC1Cc2cc(NC3CC3)ccc2O1. The molecule has 1 fully saturated rings. The van der Waals surface area contributed by atoms with Crippen molar-refractivity contribution in [3.05, 3.63) is 23.8 Å². The monoisotopic (exact) mass is 204 g/mol. The van der Waals surface area contributed by atoms with E-state index in [4.69, 9.17) is 10.5 Å². The van der Waals surface area contributed by atoms with Crippen LogP contribution in [0.25, 0.3) is 0 Å². The summed E-state index contributed by atoms with van der Waals surface area (Å²) >= 11 is 0. The third-order valence-corrected chi connectivity index (χ3v) is 3.01. The molecule has 1 aromatic rings. The van der Waals surface area contributed by atoms with E-state index in [9.17, 15) is 0 Å². The molecule has 1 aliphatic carbocycles. The maximum atomic E-state index is 5.68. The molecular weight excluding hydrogens is 188 g/mol. The zero-order valence-electron chi connectivity index (χ0n) is 8.70. The molecule has 1 atom stereocenters. The van der Waals surface area contributed by atoms with E-state index < -0.39 is 0 Å². The fourth-order valence-electron chi connectivity index (χ4n) is 2.01. The van der Waals surface area contributed by atoms with Crippen LogP contribution in [0.1, 0.15) is 18.4 Å². The molecular formula is C12H16N2O. The summed E-state index contributed by atoms with van der Waals surface area (Å²) in [5, 5.41) is 3.49. The number of nitrogens with two attached hydrogens (primary N) is 1. The van der Waals surface area contributed by atoms with Gasteiger partial charge in [0.15, 0.2) is 0 Å². The summed E-state index contributed by atoms with van der Waals surface area (Å²) in [7, 11) is 0. The number of hydrogen-bond acceptors (Lipinski definition) is 3. The van der Waals surface area contributed by atoms with Gasteiger partial charge < -0.3 is 15.8 Å². The van der Waals surface area contributed by atoms with E-state index in [0.717, 1.165) is 12.2 Å². The first kappa shape index (κ1) is 9.04. The number of rotatable bonds is 3. The summed E-state index contributed by atoms with van der Waals surface area (Å²) in [4.78, 5) is 0. The maximum Gasteiger partial charge on any atom is 0.123 e. The van der Waals surface area contributed by atoms with Gasteiger partial charge in [0, 0.05) is 24.7 Å². The topological polar surface area (TPSA) is 47.3 Å². The summed E-state index contributed by atoms with van der Waals surface area (Å²) in [6, 6.07) is 7.05. The first-order chi connectivity index (χ1) is 7.35. The van der Waals surface area contributed by atoms with Crippen molar-refractivity contribution in [1.29, 1.82) is 0 Å². The zero-order valence-corrected chi connectivity index (χ0v) is 8.70. The van der Waals surface area contributed by atoms with Crippen LogP contribution in [0, 0.1) is 0 Å². The highest BCUT2D eigenvalue weighted by atomic mass is 16.5. The quantitative estimate of drug-likeness (QED) is 0.784. The highest BCUT2D eigenvalue weighted by molar-refractivity contribution is 5.53. The average Bonchev–Trinajstić information content (AvgIpc) is 2.96. The van der Waals surface area contributed by atoms with Gasteiger partial charge in [0.25, 0.3) is 0 Å². The molecule has 3 heteroatoms. The van der Waals surface area contributed by atoms with Gasteiger partial charge in [-0.25, -0.2) is 0 Å². The number of nitrogens with one attached hydrogen (secondary N) is 1.